The standard InChI is InChI=1S/C22H24F3N3O4S/c1-14(2)20(26-21(29)19-17(24)4-3-5-18(19)25)22(30)27-10-12-28(13-11-27)33(31,32)16-8-6-15(23)7-9-16/h3-9,14,20H,10-13H2,1-2H3,(H,26,29)/t20-/m1/s1. The van der Waals surface area contributed by atoms with E-state index in [2.05, 4.69) is 5.32 Å². The largest absolute Gasteiger partial charge is 0.340 e. The Morgan fingerprint density at radius 3 is 1.97 bits per heavy atom. The number of nitrogens with zero attached hydrogens (tertiary/aromatic N) is 2. The molecule has 0 spiro atoms. The first kappa shape index (κ1) is 24.7. The van der Waals surface area contributed by atoms with Gasteiger partial charge in [-0.1, -0.05) is 19.9 Å². The van der Waals surface area contributed by atoms with Crippen LogP contribution in [0.2, 0.25) is 0 Å². The summed E-state index contributed by atoms with van der Waals surface area (Å²) in [7, 11) is -3.85. The molecule has 0 unspecified atom stereocenters. The lowest BCUT2D eigenvalue weighted by Crippen LogP contribution is -2.57. The number of rotatable bonds is 6. The van der Waals surface area contributed by atoms with E-state index in [1.165, 1.54) is 21.3 Å². The summed E-state index contributed by atoms with van der Waals surface area (Å²) in [6.07, 6.45) is 0. The van der Waals surface area contributed by atoms with Gasteiger partial charge in [0.15, 0.2) is 0 Å². The molecule has 1 heterocycles. The number of amides is 2. The van der Waals surface area contributed by atoms with Crippen molar-refractivity contribution in [1.82, 2.24) is 14.5 Å². The quantitative estimate of drug-likeness (QED) is 0.684. The molecule has 1 aliphatic rings. The Labute approximate surface area is 190 Å². The molecule has 0 radical (unpaired) electrons. The van der Waals surface area contributed by atoms with E-state index in [-0.39, 0.29) is 31.1 Å². The van der Waals surface area contributed by atoms with Gasteiger partial charge in [0.1, 0.15) is 29.1 Å². The third-order valence-corrected chi connectivity index (χ3v) is 7.32. The lowest BCUT2D eigenvalue weighted by atomic mass is 10.0. The van der Waals surface area contributed by atoms with Gasteiger partial charge in [0.05, 0.1) is 4.90 Å². The minimum atomic E-state index is -3.85. The summed E-state index contributed by atoms with van der Waals surface area (Å²) in [5.74, 6) is -4.55. The van der Waals surface area contributed by atoms with Gasteiger partial charge in [-0.05, 0) is 42.3 Å². The fraction of sp³-hybridized carbons (Fsp3) is 0.364. The second-order valence-corrected chi connectivity index (χ2v) is 9.91. The predicted molar refractivity (Wildman–Crippen MR) is 114 cm³/mol. The first-order chi connectivity index (χ1) is 15.5. The van der Waals surface area contributed by atoms with Gasteiger partial charge in [-0.2, -0.15) is 4.31 Å². The van der Waals surface area contributed by atoms with Crippen molar-refractivity contribution in [2.45, 2.75) is 24.8 Å². The molecule has 1 fully saturated rings. The van der Waals surface area contributed by atoms with Crippen molar-refractivity contribution in [2.75, 3.05) is 26.2 Å². The van der Waals surface area contributed by atoms with Gasteiger partial charge in [0.2, 0.25) is 15.9 Å². The minimum absolute atomic E-state index is 0.00610. The molecular weight excluding hydrogens is 459 g/mol. The van der Waals surface area contributed by atoms with Crippen LogP contribution in [0, 0.1) is 23.4 Å². The van der Waals surface area contributed by atoms with Crippen LogP contribution in [0.15, 0.2) is 47.4 Å². The molecule has 1 atom stereocenters. The fourth-order valence-electron chi connectivity index (χ4n) is 3.54. The van der Waals surface area contributed by atoms with Gasteiger partial charge in [0.25, 0.3) is 5.91 Å². The van der Waals surface area contributed by atoms with Crippen molar-refractivity contribution in [2.24, 2.45) is 5.92 Å². The van der Waals surface area contributed by atoms with Crippen molar-refractivity contribution >= 4 is 21.8 Å². The van der Waals surface area contributed by atoms with Crippen LogP contribution in [0.25, 0.3) is 0 Å². The van der Waals surface area contributed by atoms with Gasteiger partial charge in [-0.15, -0.1) is 0 Å². The van der Waals surface area contributed by atoms with Crippen LogP contribution in [-0.4, -0.2) is 61.7 Å². The van der Waals surface area contributed by atoms with E-state index in [4.69, 9.17) is 0 Å². The number of nitrogens with one attached hydrogen (secondary N) is 1. The molecule has 1 saturated heterocycles. The Morgan fingerprint density at radius 2 is 1.45 bits per heavy atom. The molecule has 33 heavy (non-hydrogen) atoms. The Bertz CT molecular complexity index is 1110. The number of carbonyl (C=O) groups excluding carboxylic acids is 2. The highest BCUT2D eigenvalue weighted by molar-refractivity contribution is 7.89. The van der Waals surface area contributed by atoms with E-state index in [1.807, 2.05) is 0 Å². The number of sulfonamides is 1. The first-order valence-corrected chi connectivity index (χ1v) is 11.8. The highest BCUT2D eigenvalue weighted by Gasteiger charge is 2.35. The van der Waals surface area contributed by atoms with E-state index < -0.39 is 56.8 Å². The molecular formula is C22H24F3N3O4S. The zero-order valence-electron chi connectivity index (χ0n) is 18.1. The molecule has 7 nitrogen and oxygen atoms in total. The van der Waals surface area contributed by atoms with Crippen LogP contribution >= 0.6 is 0 Å². The molecule has 0 aromatic heterocycles. The number of piperazine rings is 1. The van der Waals surface area contributed by atoms with Crippen molar-refractivity contribution in [1.29, 1.82) is 0 Å². The molecule has 2 aromatic carbocycles. The number of hydrogen-bond donors (Lipinski definition) is 1. The molecule has 3 rings (SSSR count). The van der Waals surface area contributed by atoms with Gasteiger partial charge < -0.3 is 10.2 Å². The topological polar surface area (TPSA) is 86.8 Å². The minimum Gasteiger partial charge on any atom is -0.340 e. The summed E-state index contributed by atoms with van der Waals surface area (Å²) in [6.45, 7) is 3.49. The fourth-order valence-corrected chi connectivity index (χ4v) is 4.97. The third-order valence-electron chi connectivity index (χ3n) is 5.41. The van der Waals surface area contributed by atoms with Gasteiger partial charge >= 0.3 is 0 Å². The maximum atomic E-state index is 13.9. The molecule has 0 bridgehead atoms. The monoisotopic (exact) mass is 483 g/mol. The van der Waals surface area contributed by atoms with Crippen LogP contribution < -0.4 is 5.32 Å². The van der Waals surface area contributed by atoms with Crippen LogP contribution in [0.5, 0.6) is 0 Å². The van der Waals surface area contributed by atoms with Crippen LogP contribution in [-0.2, 0) is 14.8 Å². The van der Waals surface area contributed by atoms with E-state index in [0.717, 1.165) is 30.3 Å². The van der Waals surface area contributed by atoms with Gasteiger partial charge in [-0.3, -0.25) is 9.59 Å². The molecule has 1 aliphatic heterocycles. The molecule has 178 valence electrons. The highest BCUT2D eigenvalue weighted by atomic mass is 32.2. The summed E-state index contributed by atoms with van der Waals surface area (Å²) in [5, 5.41) is 2.41. The Balaban J connectivity index is 1.68. The third kappa shape index (κ3) is 5.36. The van der Waals surface area contributed by atoms with Crippen molar-refractivity contribution < 1.29 is 31.2 Å². The molecule has 0 aliphatic carbocycles. The lowest BCUT2D eigenvalue weighted by Gasteiger charge is -2.36. The van der Waals surface area contributed by atoms with E-state index >= 15 is 0 Å². The second-order valence-electron chi connectivity index (χ2n) is 7.98. The SMILES string of the molecule is CC(C)[C@@H](NC(=O)c1c(F)cccc1F)C(=O)N1CCN(S(=O)(=O)c2ccc(F)cc2)CC1. The normalized spacial score (nSPS) is 16.0. The van der Waals surface area contributed by atoms with Crippen molar-refractivity contribution in [3.8, 4) is 0 Å². The molecule has 2 amide bonds. The number of halogens is 3. The van der Waals surface area contributed by atoms with Gasteiger partial charge in [-0.25, -0.2) is 21.6 Å². The van der Waals surface area contributed by atoms with E-state index in [1.54, 1.807) is 13.8 Å². The molecule has 2 aromatic rings. The Hall–Kier alpha value is -2.92. The summed E-state index contributed by atoms with van der Waals surface area (Å²) in [4.78, 5) is 26.9. The summed E-state index contributed by atoms with van der Waals surface area (Å²) >= 11 is 0. The average Bonchev–Trinajstić information content (AvgIpc) is 2.77. The maximum Gasteiger partial charge on any atom is 0.257 e. The lowest BCUT2D eigenvalue weighted by molar-refractivity contribution is -0.135. The number of hydrogen-bond acceptors (Lipinski definition) is 4. The first-order valence-electron chi connectivity index (χ1n) is 10.3. The second kappa shape index (κ2) is 9.92. The van der Waals surface area contributed by atoms with Gasteiger partial charge in [0, 0.05) is 26.2 Å². The number of carbonyl (C=O) groups is 2. The van der Waals surface area contributed by atoms with Crippen LogP contribution in [0.4, 0.5) is 13.2 Å². The van der Waals surface area contributed by atoms with E-state index in [9.17, 15) is 31.2 Å². The summed E-state index contributed by atoms with van der Waals surface area (Å²) in [5.41, 5.74) is -0.772. The average molecular weight is 484 g/mol. The van der Waals surface area contributed by atoms with E-state index in [0.29, 0.717) is 0 Å². The van der Waals surface area contributed by atoms with Crippen molar-refractivity contribution in [3.05, 3.63) is 65.5 Å². The number of benzene rings is 2. The Kier molecular flexibility index (Phi) is 7.43. The van der Waals surface area contributed by atoms with Crippen LogP contribution in [0.1, 0.15) is 24.2 Å². The highest BCUT2D eigenvalue weighted by Crippen LogP contribution is 2.19. The molecule has 0 saturated carbocycles. The van der Waals surface area contributed by atoms with Crippen molar-refractivity contribution in [3.63, 3.8) is 0 Å². The zero-order valence-corrected chi connectivity index (χ0v) is 18.9. The molecule has 1 N–H and O–H groups in total. The maximum absolute atomic E-state index is 13.9. The summed E-state index contributed by atoms with van der Waals surface area (Å²) < 4.78 is 67.7. The zero-order chi connectivity index (χ0) is 24.3. The Morgan fingerprint density at radius 1 is 0.909 bits per heavy atom. The smallest absolute Gasteiger partial charge is 0.257 e. The molecule has 11 heteroatoms. The van der Waals surface area contributed by atoms with Crippen LogP contribution in [0.3, 0.4) is 0 Å². The summed E-state index contributed by atoms with van der Waals surface area (Å²) in [6, 6.07) is 6.43. The predicted octanol–water partition coefficient (Wildman–Crippen LogP) is 2.39.